The van der Waals surface area contributed by atoms with Crippen molar-refractivity contribution in [2.24, 2.45) is 0 Å². The number of ether oxygens (including phenoxy) is 1. The SMILES string of the molecule is CCOC(=O)/C=C/c1cccc(I)c1. The molecule has 0 radical (unpaired) electrons. The summed E-state index contributed by atoms with van der Waals surface area (Å²) in [6, 6.07) is 7.89. The summed E-state index contributed by atoms with van der Waals surface area (Å²) in [4.78, 5) is 11.0. The molecule has 0 saturated heterocycles. The molecule has 0 aliphatic rings. The van der Waals surface area contributed by atoms with Gasteiger partial charge in [-0.25, -0.2) is 4.79 Å². The van der Waals surface area contributed by atoms with Crippen molar-refractivity contribution in [2.45, 2.75) is 6.92 Å². The number of hydrogen-bond donors (Lipinski definition) is 0. The number of esters is 1. The van der Waals surface area contributed by atoms with Crippen molar-refractivity contribution in [3.8, 4) is 0 Å². The normalized spacial score (nSPS) is 10.4. The Kier molecular flexibility index (Phi) is 4.65. The van der Waals surface area contributed by atoms with E-state index in [0.29, 0.717) is 6.61 Å². The van der Waals surface area contributed by atoms with Crippen molar-refractivity contribution in [1.82, 2.24) is 0 Å². The van der Waals surface area contributed by atoms with Gasteiger partial charge in [0.2, 0.25) is 0 Å². The Hall–Kier alpha value is -0.840. The molecule has 0 fully saturated rings. The molecule has 0 bridgehead atoms. The number of rotatable bonds is 3. The van der Waals surface area contributed by atoms with Crippen LogP contribution in [0.5, 0.6) is 0 Å². The molecule has 0 saturated carbocycles. The van der Waals surface area contributed by atoms with Gasteiger partial charge >= 0.3 is 5.97 Å². The molecule has 3 heteroatoms. The third-order valence-corrected chi connectivity index (χ3v) is 2.22. The first-order valence-electron chi connectivity index (χ1n) is 4.33. The van der Waals surface area contributed by atoms with Crippen LogP contribution in [0.15, 0.2) is 30.3 Å². The van der Waals surface area contributed by atoms with Crippen molar-refractivity contribution in [3.05, 3.63) is 39.5 Å². The minimum Gasteiger partial charge on any atom is -0.463 e. The lowest BCUT2D eigenvalue weighted by molar-refractivity contribution is -0.137. The lowest BCUT2D eigenvalue weighted by Gasteiger charge is -1.96. The smallest absolute Gasteiger partial charge is 0.330 e. The molecular formula is C11H11IO2. The quantitative estimate of drug-likeness (QED) is 0.487. The summed E-state index contributed by atoms with van der Waals surface area (Å²) in [5.41, 5.74) is 1.00. The molecule has 0 N–H and O–H groups in total. The summed E-state index contributed by atoms with van der Waals surface area (Å²) in [6.45, 7) is 2.20. The Bertz CT molecular complexity index is 345. The van der Waals surface area contributed by atoms with Crippen LogP contribution in [-0.4, -0.2) is 12.6 Å². The van der Waals surface area contributed by atoms with Gasteiger partial charge in [-0.1, -0.05) is 12.1 Å². The zero-order chi connectivity index (χ0) is 10.4. The van der Waals surface area contributed by atoms with Gasteiger partial charge in [0.15, 0.2) is 0 Å². The molecular weight excluding hydrogens is 291 g/mol. The topological polar surface area (TPSA) is 26.3 Å². The van der Waals surface area contributed by atoms with Crippen LogP contribution < -0.4 is 0 Å². The lowest BCUT2D eigenvalue weighted by Crippen LogP contribution is -1.98. The summed E-state index contributed by atoms with van der Waals surface area (Å²) in [7, 11) is 0. The first-order valence-corrected chi connectivity index (χ1v) is 5.40. The maximum atomic E-state index is 11.0. The Labute approximate surface area is 97.1 Å². The fourth-order valence-corrected chi connectivity index (χ4v) is 1.53. The Balaban J connectivity index is 2.64. The van der Waals surface area contributed by atoms with Gasteiger partial charge in [-0.05, 0) is 53.3 Å². The maximum Gasteiger partial charge on any atom is 0.330 e. The monoisotopic (exact) mass is 302 g/mol. The van der Waals surface area contributed by atoms with Crippen molar-refractivity contribution >= 4 is 34.6 Å². The fourth-order valence-electron chi connectivity index (χ4n) is 0.965. The van der Waals surface area contributed by atoms with E-state index in [1.165, 1.54) is 6.08 Å². The molecule has 0 aromatic heterocycles. The second-order valence-corrected chi connectivity index (χ2v) is 3.89. The Morgan fingerprint density at radius 3 is 3.00 bits per heavy atom. The molecule has 74 valence electrons. The van der Waals surface area contributed by atoms with E-state index in [-0.39, 0.29) is 5.97 Å². The van der Waals surface area contributed by atoms with E-state index in [1.807, 2.05) is 24.3 Å². The standard InChI is InChI=1S/C11H11IO2/c1-2-14-11(13)7-6-9-4-3-5-10(12)8-9/h3-8H,2H2,1H3/b7-6+. The number of carbonyl (C=O) groups excluding carboxylic acids is 1. The van der Waals surface area contributed by atoms with Gasteiger partial charge < -0.3 is 4.74 Å². The van der Waals surface area contributed by atoms with Crippen LogP contribution in [-0.2, 0) is 9.53 Å². The first kappa shape index (κ1) is 11.2. The molecule has 1 aromatic carbocycles. The molecule has 0 atom stereocenters. The van der Waals surface area contributed by atoms with Gasteiger partial charge in [0.05, 0.1) is 6.61 Å². The van der Waals surface area contributed by atoms with E-state index in [0.717, 1.165) is 9.13 Å². The fraction of sp³-hybridized carbons (Fsp3) is 0.182. The van der Waals surface area contributed by atoms with Crippen molar-refractivity contribution in [3.63, 3.8) is 0 Å². The van der Waals surface area contributed by atoms with Gasteiger partial charge in [0, 0.05) is 9.65 Å². The van der Waals surface area contributed by atoms with Gasteiger partial charge in [-0.2, -0.15) is 0 Å². The van der Waals surface area contributed by atoms with E-state index in [4.69, 9.17) is 4.74 Å². The largest absolute Gasteiger partial charge is 0.463 e. The molecule has 1 aromatic rings. The van der Waals surface area contributed by atoms with Gasteiger partial charge in [-0.15, -0.1) is 0 Å². The lowest BCUT2D eigenvalue weighted by atomic mass is 10.2. The number of halogens is 1. The van der Waals surface area contributed by atoms with Crippen LogP contribution in [0.25, 0.3) is 6.08 Å². The highest BCUT2D eigenvalue weighted by atomic mass is 127. The number of hydrogen-bond acceptors (Lipinski definition) is 2. The summed E-state index contributed by atoms with van der Waals surface area (Å²) in [5.74, 6) is -0.300. The second kappa shape index (κ2) is 5.80. The van der Waals surface area contributed by atoms with Crippen LogP contribution >= 0.6 is 22.6 Å². The average molecular weight is 302 g/mol. The van der Waals surface area contributed by atoms with Gasteiger partial charge in [0.1, 0.15) is 0 Å². The van der Waals surface area contributed by atoms with Gasteiger partial charge in [-0.3, -0.25) is 0 Å². The molecule has 0 aliphatic heterocycles. The van der Waals surface area contributed by atoms with E-state index in [2.05, 4.69) is 22.6 Å². The first-order chi connectivity index (χ1) is 6.72. The van der Waals surface area contributed by atoms with Gasteiger partial charge in [0.25, 0.3) is 0 Å². The predicted octanol–water partition coefficient (Wildman–Crippen LogP) is 2.87. The molecule has 2 nitrogen and oxygen atoms in total. The third kappa shape index (κ3) is 3.91. The van der Waals surface area contributed by atoms with Crippen LogP contribution in [0.4, 0.5) is 0 Å². The number of carbonyl (C=O) groups is 1. The highest BCUT2D eigenvalue weighted by Gasteiger charge is 1.93. The van der Waals surface area contributed by atoms with E-state index in [1.54, 1.807) is 13.0 Å². The molecule has 0 heterocycles. The van der Waals surface area contributed by atoms with Crippen LogP contribution in [0.2, 0.25) is 0 Å². The zero-order valence-corrected chi connectivity index (χ0v) is 10.0. The van der Waals surface area contributed by atoms with E-state index in [9.17, 15) is 4.79 Å². The third-order valence-electron chi connectivity index (χ3n) is 1.55. The van der Waals surface area contributed by atoms with E-state index >= 15 is 0 Å². The maximum absolute atomic E-state index is 11.0. The Morgan fingerprint density at radius 2 is 2.36 bits per heavy atom. The molecule has 0 amide bonds. The summed E-state index contributed by atoms with van der Waals surface area (Å²) in [5, 5.41) is 0. The summed E-state index contributed by atoms with van der Waals surface area (Å²) >= 11 is 2.23. The molecule has 0 spiro atoms. The zero-order valence-electron chi connectivity index (χ0n) is 7.87. The van der Waals surface area contributed by atoms with E-state index < -0.39 is 0 Å². The van der Waals surface area contributed by atoms with Crippen LogP contribution in [0, 0.1) is 3.57 Å². The van der Waals surface area contributed by atoms with Crippen molar-refractivity contribution < 1.29 is 9.53 Å². The van der Waals surface area contributed by atoms with Crippen molar-refractivity contribution in [2.75, 3.05) is 6.61 Å². The minimum absolute atomic E-state index is 0.300. The average Bonchev–Trinajstić information content (AvgIpc) is 2.15. The summed E-state index contributed by atoms with van der Waals surface area (Å²) in [6.07, 6.45) is 3.19. The highest BCUT2D eigenvalue weighted by Crippen LogP contribution is 2.09. The predicted molar refractivity (Wildman–Crippen MR) is 64.8 cm³/mol. The highest BCUT2D eigenvalue weighted by molar-refractivity contribution is 14.1. The molecule has 0 aliphatic carbocycles. The molecule has 1 rings (SSSR count). The Morgan fingerprint density at radius 1 is 1.57 bits per heavy atom. The van der Waals surface area contributed by atoms with Crippen LogP contribution in [0.3, 0.4) is 0 Å². The molecule has 14 heavy (non-hydrogen) atoms. The second-order valence-electron chi connectivity index (χ2n) is 2.64. The summed E-state index contributed by atoms with van der Waals surface area (Å²) < 4.78 is 5.91. The molecule has 0 unspecified atom stereocenters. The minimum atomic E-state index is -0.300. The number of benzene rings is 1. The van der Waals surface area contributed by atoms with Crippen molar-refractivity contribution in [1.29, 1.82) is 0 Å². The van der Waals surface area contributed by atoms with Crippen LogP contribution in [0.1, 0.15) is 12.5 Å².